The smallest absolute Gasteiger partial charge is 0.239 e. The van der Waals surface area contributed by atoms with Crippen molar-refractivity contribution in [1.82, 2.24) is 9.80 Å². The van der Waals surface area contributed by atoms with E-state index in [1.165, 1.54) is 12.8 Å². The van der Waals surface area contributed by atoms with E-state index in [0.29, 0.717) is 30.5 Å². The lowest BCUT2D eigenvalue weighted by Gasteiger charge is -2.34. The monoisotopic (exact) mass is 253 g/mol. The maximum absolute atomic E-state index is 12.5. The number of hydrogen-bond donors (Lipinski definition) is 1. The fraction of sp³-hybridized carbons (Fsp3) is 0.929. The molecular weight excluding hydrogens is 226 g/mol. The molecule has 0 spiro atoms. The Morgan fingerprint density at radius 3 is 2.39 bits per heavy atom. The molecule has 0 bridgehead atoms. The van der Waals surface area contributed by atoms with Crippen LogP contribution in [-0.4, -0.2) is 53.5 Å². The molecule has 4 atom stereocenters. The lowest BCUT2D eigenvalue weighted by Crippen LogP contribution is -2.50. The Hall–Kier alpha value is -0.610. The number of hydrogen-bond acceptors (Lipinski definition) is 3. The molecule has 4 heteroatoms. The zero-order valence-corrected chi connectivity index (χ0v) is 11.9. The molecule has 2 N–H and O–H groups in total. The largest absolute Gasteiger partial charge is 0.341 e. The van der Waals surface area contributed by atoms with Gasteiger partial charge in [0.05, 0.1) is 6.04 Å². The molecule has 2 aliphatic rings. The van der Waals surface area contributed by atoms with Gasteiger partial charge in [-0.2, -0.15) is 0 Å². The highest BCUT2D eigenvalue weighted by molar-refractivity contribution is 5.81. The molecule has 2 rings (SSSR count). The molecule has 2 fully saturated rings. The zero-order valence-electron chi connectivity index (χ0n) is 11.9. The summed E-state index contributed by atoms with van der Waals surface area (Å²) in [6.45, 7) is 8.99. The molecule has 0 aliphatic carbocycles. The standard InChI is InChI=1S/C14H27N3O/c1-10-4-5-11(2)17(10)12(3)14(18)16-7-6-13(8-15)9-16/h10-13H,4-9,15H2,1-3H3. The second-order valence-corrected chi connectivity index (χ2v) is 6.07. The van der Waals surface area contributed by atoms with Gasteiger partial charge in [-0.15, -0.1) is 0 Å². The summed E-state index contributed by atoms with van der Waals surface area (Å²) in [5.74, 6) is 0.807. The summed E-state index contributed by atoms with van der Waals surface area (Å²) in [6, 6.07) is 1.09. The Balaban J connectivity index is 1.96. The highest BCUT2D eigenvalue weighted by Gasteiger charge is 2.37. The summed E-state index contributed by atoms with van der Waals surface area (Å²) in [5.41, 5.74) is 5.69. The van der Waals surface area contributed by atoms with E-state index in [9.17, 15) is 4.79 Å². The molecule has 2 heterocycles. The molecule has 0 aromatic carbocycles. The van der Waals surface area contributed by atoms with Crippen LogP contribution >= 0.6 is 0 Å². The first-order chi connectivity index (χ1) is 8.54. The van der Waals surface area contributed by atoms with Crippen molar-refractivity contribution in [2.24, 2.45) is 11.7 Å². The van der Waals surface area contributed by atoms with Gasteiger partial charge in [-0.3, -0.25) is 9.69 Å². The SMILES string of the molecule is CC1CCC(C)N1C(C)C(=O)N1CCC(CN)C1. The minimum Gasteiger partial charge on any atom is -0.341 e. The van der Waals surface area contributed by atoms with Crippen molar-refractivity contribution in [2.45, 2.75) is 58.2 Å². The van der Waals surface area contributed by atoms with Gasteiger partial charge in [0, 0.05) is 25.2 Å². The third-order valence-corrected chi connectivity index (χ3v) is 4.76. The Kier molecular flexibility index (Phi) is 4.28. The normalized spacial score (nSPS) is 35.1. The van der Waals surface area contributed by atoms with Crippen LogP contribution in [0.2, 0.25) is 0 Å². The predicted octanol–water partition coefficient (Wildman–Crippen LogP) is 1.05. The maximum Gasteiger partial charge on any atom is 0.239 e. The number of rotatable bonds is 3. The van der Waals surface area contributed by atoms with Gasteiger partial charge in [0.1, 0.15) is 0 Å². The van der Waals surface area contributed by atoms with Crippen molar-refractivity contribution in [3.63, 3.8) is 0 Å². The second kappa shape index (κ2) is 5.57. The van der Waals surface area contributed by atoms with Crippen LogP contribution in [0.1, 0.15) is 40.0 Å². The van der Waals surface area contributed by atoms with Crippen LogP contribution < -0.4 is 5.73 Å². The first-order valence-electron chi connectivity index (χ1n) is 7.30. The summed E-state index contributed by atoms with van der Waals surface area (Å²) >= 11 is 0. The fourth-order valence-corrected chi connectivity index (χ4v) is 3.60. The van der Waals surface area contributed by atoms with E-state index in [2.05, 4.69) is 25.7 Å². The van der Waals surface area contributed by atoms with Gasteiger partial charge < -0.3 is 10.6 Å². The molecule has 18 heavy (non-hydrogen) atoms. The van der Waals surface area contributed by atoms with Crippen LogP contribution in [0, 0.1) is 5.92 Å². The molecule has 2 aliphatic heterocycles. The van der Waals surface area contributed by atoms with Crippen LogP contribution in [-0.2, 0) is 4.79 Å². The molecule has 104 valence electrons. The first-order valence-corrected chi connectivity index (χ1v) is 7.30. The van der Waals surface area contributed by atoms with E-state index in [-0.39, 0.29) is 6.04 Å². The van der Waals surface area contributed by atoms with Crippen LogP contribution in [0.5, 0.6) is 0 Å². The van der Waals surface area contributed by atoms with Crippen molar-refractivity contribution >= 4 is 5.91 Å². The van der Waals surface area contributed by atoms with Crippen LogP contribution in [0.3, 0.4) is 0 Å². The third-order valence-electron chi connectivity index (χ3n) is 4.76. The zero-order chi connectivity index (χ0) is 13.3. The molecule has 0 aromatic heterocycles. The average Bonchev–Trinajstić information content (AvgIpc) is 2.95. The van der Waals surface area contributed by atoms with Gasteiger partial charge >= 0.3 is 0 Å². The molecule has 4 unspecified atom stereocenters. The number of nitrogens with zero attached hydrogens (tertiary/aromatic N) is 2. The lowest BCUT2D eigenvalue weighted by molar-refractivity contribution is -0.136. The van der Waals surface area contributed by atoms with Crippen molar-refractivity contribution in [3.8, 4) is 0 Å². The highest BCUT2D eigenvalue weighted by atomic mass is 16.2. The van der Waals surface area contributed by atoms with Gasteiger partial charge in [0.2, 0.25) is 5.91 Å². The predicted molar refractivity (Wildman–Crippen MR) is 73.2 cm³/mol. The topological polar surface area (TPSA) is 49.6 Å². The van der Waals surface area contributed by atoms with Crippen molar-refractivity contribution in [1.29, 1.82) is 0 Å². The Morgan fingerprint density at radius 2 is 1.89 bits per heavy atom. The lowest BCUT2D eigenvalue weighted by atomic mass is 10.1. The van der Waals surface area contributed by atoms with Crippen molar-refractivity contribution < 1.29 is 4.79 Å². The van der Waals surface area contributed by atoms with Crippen molar-refractivity contribution in [3.05, 3.63) is 0 Å². The molecule has 0 radical (unpaired) electrons. The molecule has 0 saturated carbocycles. The van der Waals surface area contributed by atoms with Gasteiger partial charge in [0.25, 0.3) is 0 Å². The van der Waals surface area contributed by atoms with Crippen LogP contribution in [0.25, 0.3) is 0 Å². The van der Waals surface area contributed by atoms with E-state index in [0.717, 1.165) is 19.5 Å². The van der Waals surface area contributed by atoms with Gasteiger partial charge in [0.15, 0.2) is 0 Å². The van der Waals surface area contributed by atoms with E-state index in [1.54, 1.807) is 0 Å². The third kappa shape index (κ3) is 2.54. The summed E-state index contributed by atoms with van der Waals surface area (Å²) in [6.07, 6.45) is 3.49. The summed E-state index contributed by atoms with van der Waals surface area (Å²) < 4.78 is 0. The minimum absolute atomic E-state index is 0.0222. The van der Waals surface area contributed by atoms with E-state index in [1.807, 2.05) is 4.90 Å². The molecular formula is C14H27N3O. The molecule has 2 saturated heterocycles. The number of likely N-dealkylation sites (tertiary alicyclic amines) is 2. The summed E-state index contributed by atoms with van der Waals surface area (Å²) in [7, 11) is 0. The number of amides is 1. The molecule has 1 amide bonds. The maximum atomic E-state index is 12.5. The van der Waals surface area contributed by atoms with Gasteiger partial charge in [-0.1, -0.05) is 0 Å². The average molecular weight is 253 g/mol. The van der Waals surface area contributed by atoms with E-state index >= 15 is 0 Å². The highest BCUT2D eigenvalue weighted by Crippen LogP contribution is 2.27. The number of nitrogens with two attached hydrogens (primary N) is 1. The molecule has 0 aromatic rings. The Morgan fingerprint density at radius 1 is 1.28 bits per heavy atom. The molecule has 4 nitrogen and oxygen atoms in total. The van der Waals surface area contributed by atoms with E-state index in [4.69, 9.17) is 5.73 Å². The van der Waals surface area contributed by atoms with Crippen LogP contribution in [0.15, 0.2) is 0 Å². The number of carbonyl (C=O) groups excluding carboxylic acids is 1. The summed E-state index contributed by atoms with van der Waals surface area (Å²) in [4.78, 5) is 16.9. The van der Waals surface area contributed by atoms with Crippen LogP contribution in [0.4, 0.5) is 0 Å². The second-order valence-electron chi connectivity index (χ2n) is 6.07. The van der Waals surface area contributed by atoms with E-state index < -0.39 is 0 Å². The van der Waals surface area contributed by atoms with Gasteiger partial charge in [-0.05, 0) is 52.5 Å². The minimum atomic E-state index is 0.0222. The quantitative estimate of drug-likeness (QED) is 0.818. The first kappa shape index (κ1) is 13.8. The summed E-state index contributed by atoms with van der Waals surface area (Å²) in [5, 5.41) is 0. The Bertz CT molecular complexity index is 297. The fourth-order valence-electron chi connectivity index (χ4n) is 3.60. The van der Waals surface area contributed by atoms with Gasteiger partial charge in [-0.25, -0.2) is 0 Å². The van der Waals surface area contributed by atoms with Crippen molar-refractivity contribution in [2.75, 3.05) is 19.6 Å². The number of carbonyl (C=O) groups is 1. The Labute approximate surface area is 110 Å².